The number of rotatable bonds is 3. The monoisotopic (exact) mass is 279 g/mol. The molecule has 0 aromatic carbocycles. The van der Waals surface area contributed by atoms with Crippen LogP contribution in [-0.2, 0) is 14.3 Å². The number of carbonyl (C=O) groups is 2. The highest BCUT2D eigenvalue weighted by atomic mass is 16.5. The third kappa shape index (κ3) is 2.93. The summed E-state index contributed by atoms with van der Waals surface area (Å²) in [4.78, 5) is 27.7. The molecule has 2 heterocycles. The van der Waals surface area contributed by atoms with Crippen molar-refractivity contribution >= 4 is 11.8 Å². The molecule has 6 nitrogen and oxygen atoms in total. The lowest BCUT2D eigenvalue weighted by Crippen LogP contribution is -2.48. The number of amides is 2. The fourth-order valence-electron chi connectivity index (χ4n) is 2.80. The molecule has 0 aromatic rings. The molecule has 2 fully saturated rings. The lowest BCUT2D eigenvalue weighted by Gasteiger charge is -2.33. The van der Waals surface area contributed by atoms with Gasteiger partial charge in [0.05, 0.1) is 12.6 Å². The van der Waals surface area contributed by atoms with E-state index in [4.69, 9.17) is 4.74 Å². The van der Waals surface area contributed by atoms with Crippen molar-refractivity contribution in [3.05, 3.63) is 0 Å². The van der Waals surface area contributed by atoms with Crippen LogP contribution in [0.5, 0.6) is 0 Å². The van der Waals surface area contributed by atoms with Crippen molar-refractivity contribution in [2.45, 2.75) is 25.7 Å². The van der Waals surface area contributed by atoms with Gasteiger partial charge in [0.15, 0.2) is 0 Å². The molecule has 2 saturated heterocycles. The first-order valence-electron chi connectivity index (χ1n) is 7.11. The van der Waals surface area contributed by atoms with E-state index in [1.54, 1.807) is 11.9 Å². The molecule has 0 spiro atoms. The maximum absolute atomic E-state index is 12.5. The zero-order valence-corrected chi connectivity index (χ0v) is 11.9. The van der Waals surface area contributed by atoms with Gasteiger partial charge in [-0.1, -0.05) is 0 Å². The summed E-state index contributed by atoms with van der Waals surface area (Å²) in [6, 6.07) is 2.14. The van der Waals surface area contributed by atoms with Gasteiger partial charge in [0.25, 0.3) is 0 Å². The number of likely N-dealkylation sites (tertiary alicyclic amines) is 1. The zero-order chi connectivity index (χ0) is 14.6. The molecule has 2 amide bonds. The van der Waals surface area contributed by atoms with Crippen molar-refractivity contribution in [3.8, 4) is 6.07 Å². The number of ether oxygens (including phenoxy) is 1. The van der Waals surface area contributed by atoms with E-state index in [2.05, 4.69) is 6.07 Å². The predicted octanol–water partition coefficient (Wildman–Crippen LogP) is 0.388. The molecule has 0 aliphatic carbocycles. The van der Waals surface area contributed by atoms with Gasteiger partial charge in [0.1, 0.15) is 5.41 Å². The van der Waals surface area contributed by atoms with Gasteiger partial charge >= 0.3 is 0 Å². The Morgan fingerprint density at radius 3 is 2.45 bits per heavy atom. The van der Waals surface area contributed by atoms with E-state index >= 15 is 0 Å². The standard InChI is InChI=1S/C14H21N3O3/c1-16(10-12(18)17-6-2-3-7-17)13(19)14(11-15)4-8-20-9-5-14/h2-10H2,1H3. The van der Waals surface area contributed by atoms with Crippen molar-refractivity contribution in [1.82, 2.24) is 9.80 Å². The minimum absolute atomic E-state index is 0.0292. The average molecular weight is 279 g/mol. The maximum atomic E-state index is 12.5. The van der Waals surface area contributed by atoms with E-state index in [-0.39, 0.29) is 18.4 Å². The minimum atomic E-state index is -1.02. The van der Waals surface area contributed by atoms with Crippen molar-refractivity contribution in [3.63, 3.8) is 0 Å². The van der Waals surface area contributed by atoms with Crippen LogP contribution in [-0.4, -0.2) is 61.5 Å². The van der Waals surface area contributed by atoms with E-state index in [1.807, 2.05) is 0 Å². The van der Waals surface area contributed by atoms with Crippen molar-refractivity contribution in [2.75, 3.05) is 39.9 Å². The van der Waals surface area contributed by atoms with Gasteiger partial charge in [-0.15, -0.1) is 0 Å². The molecule has 0 saturated carbocycles. The molecule has 0 bridgehead atoms. The fourth-order valence-corrected chi connectivity index (χ4v) is 2.80. The van der Waals surface area contributed by atoms with Gasteiger partial charge in [0, 0.05) is 33.4 Å². The molecular formula is C14H21N3O3. The average Bonchev–Trinajstić information content (AvgIpc) is 3.01. The van der Waals surface area contributed by atoms with Gasteiger partial charge in [0.2, 0.25) is 11.8 Å². The molecule has 20 heavy (non-hydrogen) atoms. The summed E-state index contributed by atoms with van der Waals surface area (Å²) in [5.74, 6) is -0.283. The Hall–Kier alpha value is -1.61. The first kappa shape index (κ1) is 14.8. The van der Waals surface area contributed by atoms with Gasteiger partial charge in [-0.3, -0.25) is 9.59 Å². The third-order valence-corrected chi connectivity index (χ3v) is 4.15. The van der Waals surface area contributed by atoms with Gasteiger partial charge in [-0.05, 0) is 25.7 Å². The fraction of sp³-hybridized carbons (Fsp3) is 0.786. The topological polar surface area (TPSA) is 73.6 Å². The van der Waals surface area contributed by atoms with Crippen molar-refractivity contribution in [2.24, 2.45) is 5.41 Å². The Bertz CT molecular complexity index is 418. The summed E-state index contributed by atoms with van der Waals surface area (Å²) >= 11 is 0. The van der Waals surface area contributed by atoms with E-state index < -0.39 is 5.41 Å². The smallest absolute Gasteiger partial charge is 0.243 e. The molecule has 0 aromatic heterocycles. The largest absolute Gasteiger partial charge is 0.381 e. The Balaban J connectivity index is 1.96. The summed E-state index contributed by atoms with van der Waals surface area (Å²) < 4.78 is 5.22. The quantitative estimate of drug-likeness (QED) is 0.749. The second-order valence-electron chi connectivity index (χ2n) is 5.56. The highest BCUT2D eigenvalue weighted by Crippen LogP contribution is 2.31. The second-order valence-corrected chi connectivity index (χ2v) is 5.56. The number of nitriles is 1. The summed E-state index contributed by atoms with van der Waals surface area (Å²) in [7, 11) is 1.60. The van der Waals surface area contributed by atoms with Gasteiger partial charge < -0.3 is 14.5 Å². The highest BCUT2D eigenvalue weighted by Gasteiger charge is 2.42. The maximum Gasteiger partial charge on any atom is 0.243 e. The minimum Gasteiger partial charge on any atom is -0.381 e. The van der Waals surface area contributed by atoms with Crippen LogP contribution >= 0.6 is 0 Å². The molecule has 0 unspecified atom stereocenters. The normalized spacial score (nSPS) is 21.3. The molecule has 2 aliphatic heterocycles. The molecular weight excluding hydrogens is 258 g/mol. The first-order valence-corrected chi connectivity index (χ1v) is 7.11. The Kier molecular flexibility index (Phi) is 4.61. The number of likely N-dealkylation sites (N-methyl/N-ethyl adjacent to an activating group) is 1. The number of nitrogens with zero attached hydrogens (tertiary/aromatic N) is 3. The van der Waals surface area contributed by atoms with Gasteiger partial charge in [-0.2, -0.15) is 5.26 Å². The second kappa shape index (κ2) is 6.23. The third-order valence-electron chi connectivity index (χ3n) is 4.15. The lowest BCUT2D eigenvalue weighted by atomic mass is 9.80. The predicted molar refractivity (Wildman–Crippen MR) is 71.6 cm³/mol. The van der Waals surface area contributed by atoms with Crippen LogP contribution in [0, 0.1) is 16.7 Å². The van der Waals surface area contributed by atoms with E-state index in [0.717, 1.165) is 25.9 Å². The molecule has 0 atom stereocenters. The summed E-state index contributed by atoms with van der Waals surface area (Å²) in [6.07, 6.45) is 2.88. The first-order chi connectivity index (χ1) is 9.59. The highest BCUT2D eigenvalue weighted by molar-refractivity contribution is 5.89. The molecule has 0 radical (unpaired) electrons. The molecule has 110 valence electrons. The molecule has 0 N–H and O–H groups in total. The van der Waals surface area contributed by atoms with Crippen LogP contribution in [0.2, 0.25) is 0 Å². The Labute approximate surface area is 119 Å². The van der Waals surface area contributed by atoms with Crippen LogP contribution in [0.25, 0.3) is 0 Å². The van der Waals surface area contributed by atoms with Crippen LogP contribution in [0.1, 0.15) is 25.7 Å². The summed E-state index contributed by atoms with van der Waals surface area (Å²) in [5, 5.41) is 9.36. The van der Waals surface area contributed by atoms with Crippen molar-refractivity contribution < 1.29 is 14.3 Å². The number of hydrogen-bond acceptors (Lipinski definition) is 4. The number of carbonyl (C=O) groups excluding carboxylic acids is 2. The zero-order valence-electron chi connectivity index (χ0n) is 11.9. The van der Waals surface area contributed by atoms with Crippen LogP contribution in [0.3, 0.4) is 0 Å². The van der Waals surface area contributed by atoms with Crippen LogP contribution in [0.15, 0.2) is 0 Å². The summed E-state index contributed by atoms with van der Waals surface area (Å²) in [6.45, 7) is 2.46. The lowest BCUT2D eigenvalue weighted by molar-refractivity contribution is -0.146. The summed E-state index contributed by atoms with van der Waals surface area (Å²) in [5.41, 5.74) is -1.02. The van der Waals surface area contributed by atoms with Crippen molar-refractivity contribution in [1.29, 1.82) is 5.26 Å². The van der Waals surface area contributed by atoms with Crippen LogP contribution < -0.4 is 0 Å². The molecule has 2 rings (SSSR count). The van der Waals surface area contributed by atoms with Crippen LogP contribution in [0.4, 0.5) is 0 Å². The Morgan fingerprint density at radius 1 is 1.30 bits per heavy atom. The molecule has 6 heteroatoms. The van der Waals surface area contributed by atoms with E-state index in [9.17, 15) is 14.9 Å². The van der Waals surface area contributed by atoms with E-state index in [0.29, 0.717) is 26.1 Å². The number of hydrogen-bond donors (Lipinski definition) is 0. The Morgan fingerprint density at radius 2 is 1.90 bits per heavy atom. The molecule has 2 aliphatic rings. The van der Waals surface area contributed by atoms with E-state index in [1.165, 1.54) is 4.90 Å². The SMILES string of the molecule is CN(CC(=O)N1CCCC1)C(=O)C1(C#N)CCOCC1. The van der Waals surface area contributed by atoms with Gasteiger partial charge in [-0.25, -0.2) is 0 Å².